The summed E-state index contributed by atoms with van der Waals surface area (Å²) in [6.45, 7) is 4.61. The minimum Gasteiger partial charge on any atom is -0.487 e. The number of hydrogen-bond donors (Lipinski definition) is 1. The molecule has 0 radical (unpaired) electrons. The van der Waals surface area contributed by atoms with E-state index in [-0.39, 0.29) is 0 Å². The van der Waals surface area contributed by atoms with Crippen LogP contribution in [-0.4, -0.2) is 0 Å². The van der Waals surface area contributed by atoms with Crippen LogP contribution >= 0.6 is 0 Å². The number of hydrogen-bond acceptors (Lipinski definition) is 3. The Labute approximate surface area is 113 Å². The Bertz CT molecular complexity index is 621. The molecule has 0 aliphatic carbocycles. The zero-order valence-electron chi connectivity index (χ0n) is 11.1. The van der Waals surface area contributed by atoms with Crippen LogP contribution in [-0.2, 0) is 6.61 Å². The number of nitrogen functional groups attached to an aromatic ring is 1. The van der Waals surface area contributed by atoms with E-state index in [1.165, 1.54) is 16.7 Å². The van der Waals surface area contributed by atoms with Crippen LogP contribution < -0.4 is 10.5 Å². The van der Waals surface area contributed by atoms with E-state index >= 15 is 0 Å². The standard InChI is InChI=1S/C16H16N2O/c1-11-4-3-5-12(2)14(11)10-19-16-7-6-13(9-17)8-15(16)18/h3-8H,10,18H2,1-2H3. The highest BCUT2D eigenvalue weighted by molar-refractivity contribution is 5.56. The highest BCUT2D eigenvalue weighted by Gasteiger charge is 2.06. The quantitative estimate of drug-likeness (QED) is 0.852. The van der Waals surface area contributed by atoms with Crippen LogP contribution in [0.4, 0.5) is 5.69 Å². The SMILES string of the molecule is Cc1cccc(C)c1COc1ccc(C#N)cc1N. The lowest BCUT2D eigenvalue weighted by Gasteiger charge is -2.13. The van der Waals surface area contributed by atoms with Crippen LogP contribution in [0.1, 0.15) is 22.3 Å². The smallest absolute Gasteiger partial charge is 0.142 e. The molecule has 0 heterocycles. The summed E-state index contributed by atoms with van der Waals surface area (Å²) in [4.78, 5) is 0. The predicted octanol–water partition coefficient (Wildman–Crippen LogP) is 3.34. The molecular formula is C16H16N2O. The molecule has 0 aromatic heterocycles. The molecule has 0 atom stereocenters. The monoisotopic (exact) mass is 252 g/mol. The lowest BCUT2D eigenvalue weighted by atomic mass is 10.0. The van der Waals surface area contributed by atoms with Gasteiger partial charge in [-0.3, -0.25) is 0 Å². The summed E-state index contributed by atoms with van der Waals surface area (Å²) in [6.07, 6.45) is 0. The molecule has 2 aromatic rings. The van der Waals surface area contributed by atoms with E-state index in [9.17, 15) is 0 Å². The minimum atomic E-state index is 0.481. The summed E-state index contributed by atoms with van der Waals surface area (Å²) in [7, 11) is 0. The number of nitrogens with two attached hydrogens (primary N) is 1. The largest absolute Gasteiger partial charge is 0.487 e. The molecule has 0 unspecified atom stereocenters. The maximum atomic E-state index is 8.79. The van der Waals surface area contributed by atoms with Gasteiger partial charge in [0.05, 0.1) is 17.3 Å². The van der Waals surface area contributed by atoms with E-state index in [1.54, 1.807) is 18.2 Å². The molecule has 2 N–H and O–H groups in total. The third-order valence-corrected chi connectivity index (χ3v) is 3.16. The van der Waals surface area contributed by atoms with Crippen molar-refractivity contribution >= 4 is 5.69 Å². The maximum Gasteiger partial charge on any atom is 0.142 e. The number of rotatable bonds is 3. The summed E-state index contributed by atoms with van der Waals surface area (Å²) >= 11 is 0. The predicted molar refractivity (Wildman–Crippen MR) is 75.8 cm³/mol. The van der Waals surface area contributed by atoms with Gasteiger partial charge in [-0.05, 0) is 48.7 Å². The summed E-state index contributed by atoms with van der Waals surface area (Å²) in [5.41, 5.74) is 10.5. The fourth-order valence-electron chi connectivity index (χ4n) is 1.98. The molecule has 0 aliphatic heterocycles. The van der Waals surface area contributed by atoms with E-state index in [0.717, 1.165) is 0 Å². The van der Waals surface area contributed by atoms with E-state index in [1.807, 2.05) is 6.07 Å². The highest BCUT2D eigenvalue weighted by Crippen LogP contribution is 2.24. The Morgan fingerprint density at radius 3 is 2.42 bits per heavy atom. The van der Waals surface area contributed by atoms with Crippen molar-refractivity contribution < 1.29 is 4.74 Å². The van der Waals surface area contributed by atoms with Gasteiger partial charge in [0.15, 0.2) is 0 Å². The Hall–Kier alpha value is -2.47. The van der Waals surface area contributed by atoms with Crippen LogP contribution in [0.25, 0.3) is 0 Å². The first-order valence-corrected chi connectivity index (χ1v) is 6.09. The topological polar surface area (TPSA) is 59.0 Å². The number of aryl methyl sites for hydroxylation is 2. The lowest BCUT2D eigenvalue weighted by molar-refractivity contribution is 0.306. The Morgan fingerprint density at radius 1 is 1.16 bits per heavy atom. The number of anilines is 1. The molecule has 0 amide bonds. The van der Waals surface area contributed by atoms with Gasteiger partial charge in [0.25, 0.3) is 0 Å². The Balaban J connectivity index is 2.17. The molecule has 2 rings (SSSR count). The molecule has 96 valence electrons. The zero-order chi connectivity index (χ0) is 13.8. The molecular weight excluding hydrogens is 236 g/mol. The normalized spacial score (nSPS) is 9.95. The summed E-state index contributed by atoms with van der Waals surface area (Å²) in [5.74, 6) is 0.613. The molecule has 3 heteroatoms. The highest BCUT2D eigenvalue weighted by atomic mass is 16.5. The van der Waals surface area contributed by atoms with E-state index in [0.29, 0.717) is 23.6 Å². The maximum absolute atomic E-state index is 8.79. The average Bonchev–Trinajstić information content (AvgIpc) is 2.39. The number of nitriles is 1. The van der Waals surface area contributed by atoms with Gasteiger partial charge in [-0.2, -0.15) is 5.26 Å². The summed E-state index contributed by atoms with van der Waals surface area (Å²) in [6, 6.07) is 13.3. The van der Waals surface area contributed by atoms with Crippen molar-refractivity contribution in [3.63, 3.8) is 0 Å². The van der Waals surface area contributed by atoms with E-state index in [2.05, 4.69) is 32.0 Å². The first-order valence-electron chi connectivity index (χ1n) is 6.09. The second kappa shape index (κ2) is 5.45. The second-order valence-electron chi connectivity index (χ2n) is 4.52. The molecule has 0 spiro atoms. The zero-order valence-corrected chi connectivity index (χ0v) is 11.1. The molecule has 2 aromatic carbocycles. The van der Waals surface area contributed by atoms with Gasteiger partial charge < -0.3 is 10.5 Å². The average molecular weight is 252 g/mol. The molecule has 0 fully saturated rings. The van der Waals surface area contributed by atoms with Crippen LogP contribution in [0.15, 0.2) is 36.4 Å². The van der Waals surface area contributed by atoms with Gasteiger partial charge in [-0.1, -0.05) is 18.2 Å². The molecule has 0 saturated carbocycles. The van der Waals surface area contributed by atoms with Crippen LogP contribution in [0.5, 0.6) is 5.75 Å². The summed E-state index contributed by atoms with van der Waals surface area (Å²) < 4.78 is 5.75. The van der Waals surface area contributed by atoms with Crippen molar-refractivity contribution in [1.29, 1.82) is 5.26 Å². The van der Waals surface area contributed by atoms with Crippen LogP contribution in [0, 0.1) is 25.2 Å². The fraction of sp³-hybridized carbons (Fsp3) is 0.188. The van der Waals surface area contributed by atoms with E-state index in [4.69, 9.17) is 15.7 Å². The third kappa shape index (κ3) is 2.86. The number of nitrogens with zero attached hydrogens (tertiary/aromatic N) is 1. The van der Waals surface area contributed by atoms with Crippen molar-refractivity contribution in [1.82, 2.24) is 0 Å². The van der Waals surface area contributed by atoms with Crippen molar-refractivity contribution in [3.8, 4) is 11.8 Å². The molecule has 0 saturated heterocycles. The van der Waals surface area contributed by atoms with Gasteiger partial charge in [0, 0.05) is 0 Å². The van der Waals surface area contributed by atoms with Gasteiger partial charge in [-0.25, -0.2) is 0 Å². The first kappa shape index (κ1) is 13.0. The van der Waals surface area contributed by atoms with Gasteiger partial charge >= 0.3 is 0 Å². The lowest BCUT2D eigenvalue weighted by Crippen LogP contribution is -2.02. The van der Waals surface area contributed by atoms with Crippen LogP contribution in [0.2, 0.25) is 0 Å². The molecule has 3 nitrogen and oxygen atoms in total. The molecule has 0 aliphatic rings. The Kier molecular flexibility index (Phi) is 3.72. The third-order valence-electron chi connectivity index (χ3n) is 3.16. The number of ether oxygens (including phenoxy) is 1. The molecule has 0 bridgehead atoms. The van der Waals surface area contributed by atoms with Gasteiger partial charge in [-0.15, -0.1) is 0 Å². The van der Waals surface area contributed by atoms with Crippen molar-refractivity contribution in [2.45, 2.75) is 20.5 Å². The first-order chi connectivity index (χ1) is 9.11. The minimum absolute atomic E-state index is 0.481. The summed E-state index contributed by atoms with van der Waals surface area (Å²) in [5, 5.41) is 8.79. The second-order valence-corrected chi connectivity index (χ2v) is 4.52. The van der Waals surface area contributed by atoms with E-state index < -0.39 is 0 Å². The van der Waals surface area contributed by atoms with Crippen molar-refractivity contribution in [2.24, 2.45) is 0 Å². The van der Waals surface area contributed by atoms with Gasteiger partial charge in [0.2, 0.25) is 0 Å². The van der Waals surface area contributed by atoms with Crippen molar-refractivity contribution in [2.75, 3.05) is 5.73 Å². The number of benzene rings is 2. The fourth-order valence-corrected chi connectivity index (χ4v) is 1.98. The van der Waals surface area contributed by atoms with Crippen LogP contribution in [0.3, 0.4) is 0 Å². The Morgan fingerprint density at radius 2 is 1.84 bits per heavy atom. The van der Waals surface area contributed by atoms with Crippen molar-refractivity contribution in [3.05, 3.63) is 58.7 Å². The van der Waals surface area contributed by atoms with Gasteiger partial charge in [0.1, 0.15) is 12.4 Å². The molecule has 19 heavy (non-hydrogen) atoms.